The number of nitriles is 1. The van der Waals surface area contributed by atoms with Crippen molar-refractivity contribution in [3.05, 3.63) is 85.6 Å². The topological polar surface area (TPSA) is 111 Å². The fourth-order valence-corrected chi connectivity index (χ4v) is 4.36. The molecule has 190 valence electrons. The highest BCUT2D eigenvalue weighted by Crippen LogP contribution is 2.36. The fourth-order valence-electron chi connectivity index (χ4n) is 3.52. The number of nitrogens with zero attached hydrogens (tertiary/aromatic N) is 1. The molecule has 0 heterocycles. The third-order valence-electron chi connectivity index (χ3n) is 5.74. The summed E-state index contributed by atoms with van der Waals surface area (Å²) in [6.07, 6.45) is 1.08. The number of hydrogen-bond donors (Lipinski definition) is 3. The van der Waals surface area contributed by atoms with Crippen LogP contribution in [-0.2, 0) is 11.2 Å². The van der Waals surface area contributed by atoms with Gasteiger partial charge in [0.15, 0.2) is 11.6 Å². The van der Waals surface area contributed by atoms with E-state index in [1.165, 1.54) is 48.5 Å². The average Bonchev–Trinajstić information content (AvgIpc) is 3.64. The molecule has 7 nitrogen and oxygen atoms in total. The van der Waals surface area contributed by atoms with E-state index in [0.29, 0.717) is 17.3 Å². The third kappa shape index (κ3) is 6.40. The van der Waals surface area contributed by atoms with Crippen molar-refractivity contribution in [3.8, 4) is 17.6 Å². The Balaban J connectivity index is 1.46. The number of halogens is 4. The van der Waals surface area contributed by atoms with Crippen LogP contribution in [0.5, 0.6) is 11.5 Å². The first-order valence-corrected chi connectivity index (χ1v) is 12.6. The molecule has 0 bridgehead atoms. The summed E-state index contributed by atoms with van der Waals surface area (Å²) in [6.45, 7) is -0.139. The van der Waals surface area contributed by atoms with Gasteiger partial charge >= 0.3 is 0 Å². The molecular formula is C26H19BrCl2FN3O4. The number of nitrogens with one attached hydrogen (secondary N) is 2. The van der Waals surface area contributed by atoms with Gasteiger partial charge in [0.05, 0.1) is 45.4 Å². The van der Waals surface area contributed by atoms with E-state index in [1.807, 2.05) is 6.07 Å². The van der Waals surface area contributed by atoms with Crippen molar-refractivity contribution in [2.75, 3.05) is 11.9 Å². The van der Waals surface area contributed by atoms with Gasteiger partial charge in [-0.25, -0.2) is 4.39 Å². The smallest absolute Gasteiger partial charge is 0.251 e. The number of aliphatic hydroxyl groups is 1. The van der Waals surface area contributed by atoms with E-state index >= 15 is 4.39 Å². The minimum absolute atomic E-state index is 0.0593. The first kappa shape index (κ1) is 26.9. The lowest BCUT2D eigenvalue weighted by molar-refractivity contribution is -0.115. The van der Waals surface area contributed by atoms with Crippen molar-refractivity contribution in [3.63, 3.8) is 0 Å². The molecule has 1 aliphatic rings. The molecule has 1 fully saturated rings. The molecule has 0 aromatic heterocycles. The Hall–Kier alpha value is -3.16. The number of benzene rings is 3. The van der Waals surface area contributed by atoms with E-state index in [9.17, 15) is 14.7 Å². The van der Waals surface area contributed by atoms with Crippen LogP contribution in [0.1, 0.15) is 34.3 Å². The van der Waals surface area contributed by atoms with Crippen LogP contribution < -0.4 is 15.4 Å². The van der Waals surface area contributed by atoms with E-state index < -0.39 is 17.3 Å². The maximum Gasteiger partial charge on any atom is 0.251 e. The molecule has 3 N–H and O–H groups in total. The zero-order valence-electron chi connectivity index (χ0n) is 19.1. The largest absolute Gasteiger partial charge is 0.453 e. The Morgan fingerprint density at radius 3 is 2.57 bits per heavy atom. The molecule has 0 unspecified atom stereocenters. The van der Waals surface area contributed by atoms with Crippen LogP contribution in [0.3, 0.4) is 0 Å². The predicted octanol–water partition coefficient (Wildman–Crippen LogP) is 5.99. The van der Waals surface area contributed by atoms with E-state index in [0.717, 1.165) is 0 Å². The van der Waals surface area contributed by atoms with Crippen molar-refractivity contribution in [1.29, 1.82) is 5.26 Å². The summed E-state index contributed by atoms with van der Waals surface area (Å²) >= 11 is 15.5. The highest BCUT2D eigenvalue weighted by atomic mass is 79.9. The van der Waals surface area contributed by atoms with Gasteiger partial charge in [-0.3, -0.25) is 9.59 Å². The summed E-state index contributed by atoms with van der Waals surface area (Å²) in [6, 6.07) is 13.6. The van der Waals surface area contributed by atoms with Crippen molar-refractivity contribution in [2.24, 2.45) is 0 Å². The lowest BCUT2D eigenvalue weighted by Gasteiger charge is -2.15. The summed E-state index contributed by atoms with van der Waals surface area (Å²) in [5.41, 5.74) is 0.269. The minimum atomic E-state index is -0.765. The van der Waals surface area contributed by atoms with Crippen LogP contribution >= 0.6 is 39.1 Å². The molecule has 37 heavy (non-hydrogen) atoms. The van der Waals surface area contributed by atoms with Crippen molar-refractivity contribution >= 4 is 56.6 Å². The van der Waals surface area contributed by atoms with Gasteiger partial charge in [-0.05, 0) is 71.2 Å². The fraction of sp³-hybridized carbons (Fsp3) is 0.192. The van der Waals surface area contributed by atoms with E-state index in [4.69, 9.17) is 33.2 Å². The van der Waals surface area contributed by atoms with Gasteiger partial charge in [-0.2, -0.15) is 5.26 Å². The summed E-state index contributed by atoms with van der Waals surface area (Å²) in [7, 11) is 0. The van der Waals surface area contributed by atoms with Crippen LogP contribution in [0.2, 0.25) is 10.0 Å². The van der Waals surface area contributed by atoms with E-state index in [-0.39, 0.29) is 62.9 Å². The quantitative estimate of drug-likeness (QED) is 0.291. The van der Waals surface area contributed by atoms with Gasteiger partial charge in [-0.1, -0.05) is 29.3 Å². The number of hydrogen-bond acceptors (Lipinski definition) is 5. The number of carbonyl (C=O) groups excluding carboxylic acids is 2. The highest BCUT2D eigenvalue weighted by Gasteiger charge is 2.43. The normalized spacial score (nSPS) is 13.4. The Kier molecular flexibility index (Phi) is 8.05. The summed E-state index contributed by atoms with van der Waals surface area (Å²) < 4.78 is 21.2. The first-order valence-electron chi connectivity index (χ1n) is 11.0. The molecule has 11 heteroatoms. The van der Waals surface area contributed by atoms with Crippen LogP contribution in [-0.4, -0.2) is 29.1 Å². The molecule has 0 radical (unpaired) electrons. The second-order valence-electron chi connectivity index (χ2n) is 8.55. The average molecular weight is 607 g/mol. The molecule has 0 atom stereocenters. The summed E-state index contributed by atoms with van der Waals surface area (Å²) in [5, 5.41) is 24.3. The minimum Gasteiger partial charge on any atom is -0.453 e. The SMILES string of the molecule is N#Cc1cc(Cl)cc(Oc2c(Br)ccc(CC(=O)Nc3ccc(C(=O)NC4(CO)CC4)cc3Cl)c2F)c1. The number of amides is 2. The molecule has 2 amide bonds. The summed E-state index contributed by atoms with van der Waals surface area (Å²) in [4.78, 5) is 25.1. The van der Waals surface area contributed by atoms with Gasteiger partial charge in [0, 0.05) is 16.1 Å². The van der Waals surface area contributed by atoms with Crippen molar-refractivity contribution in [2.45, 2.75) is 24.8 Å². The Morgan fingerprint density at radius 1 is 1.16 bits per heavy atom. The standard InChI is InChI=1S/C26H19BrCl2FN3O4/c27-19-3-1-15(23(30)24(19)37-18-8-14(12-31)7-17(28)11-18)10-22(35)32-21-4-2-16(9-20(21)29)25(36)33-26(13-34)5-6-26/h1-4,7-9,11,34H,5-6,10,13H2,(H,32,35)(H,33,36). The predicted molar refractivity (Wildman–Crippen MR) is 141 cm³/mol. The molecule has 3 aromatic carbocycles. The van der Waals surface area contributed by atoms with Gasteiger partial charge in [0.25, 0.3) is 5.91 Å². The second-order valence-corrected chi connectivity index (χ2v) is 10.2. The van der Waals surface area contributed by atoms with Crippen LogP contribution in [0.4, 0.5) is 10.1 Å². The number of anilines is 1. The summed E-state index contributed by atoms with van der Waals surface area (Å²) in [5.74, 6) is -1.69. The molecule has 3 aromatic rings. The van der Waals surface area contributed by atoms with E-state index in [1.54, 1.807) is 0 Å². The molecule has 0 aliphatic heterocycles. The number of carbonyl (C=O) groups is 2. The Bertz CT molecular complexity index is 1440. The molecular weight excluding hydrogens is 588 g/mol. The van der Waals surface area contributed by atoms with Crippen LogP contribution in [0.25, 0.3) is 0 Å². The number of ether oxygens (including phenoxy) is 1. The van der Waals surface area contributed by atoms with E-state index in [2.05, 4.69) is 26.6 Å². The zero-order chi connectivity index (χ0) is 26.7. The number of aliphatic hydroxyl groups excluding tert-OH is 1. The maximum absolute atomic E-state index is 15.3. The zero-order valence-corrected chi connectivity index (χ0v) is 22.2. The monoisotopic (exact) mass is 605 g/mol. The molecule has 0 saturated heterocycles. The third-order valence-corrected chi connectivity index (χ3v) is 6.90. The van der Waals surface area contributed by atoms with Gasteiger partial charge in [-0.15, -0.1) is 0 Å². The molecule has 1 saturated carbocycles. The van der Waals surface area contributed by atoms with Crippen LogP contribution in [0, 0.1) is 17.1 Å². The molecule has 4 rings (SSSR count). The maximum atomic E-state index is 15.3. The number of rotatable bonds is 8. The van der Waals surface area contributed by atoms with Gasteiger partial charge in [0.2, 0.25) is 5.91 Å². The molecule has 1 aliphatic carbocycles. The van der Waals surface area contributed by atoms with Crippen LogP contribution in [0.15, 0.2) is 53.0 Å². The lowest BCUT2D eigenvalue weighted by atomic mass is 10.1. The Labute approximate surface area is 230 Å². The first-order chi connectivity index (χ1) is 17.6. The second kappa shape index (κ2) is 11.1. The van der Waals surface area contributed by atoms with Gasteiger partial charge in [0.1, 0.15) is 5.75 Å². The van der Waals surface area contributed by atoms with Crippen molar-refractivity contribution in [1.82, 2.24) is 5.32 Å². The lowest BCUT2D eigenvalue weighted by Crippen LogP contribution is -2.39. The Morgan fingerprint density at radius 2 is 1.92 bits per heavy atom. The molecule has 0 spiro atoms. The highest BCUT2D eigenvalue weighted by molar-refractivity contribution is 9.10. The van der Waals surface area contributed by atoms with Crippen molar-refractivity contribution < 1.29 is 23.8 Å². The van der Waals surface area contributed by atoms with Gasteiger partial charge < -0.3 is 20.5 Å².